The van der Waals surface area contributed by atoms with E-state index in [0.29, 0.717) is 0 Å². The van der Waals surface area contributed by atoms with Gasteiger partial charge in [-0.15, -0.1) is 0 Å². The first-order valence-electron chi connectivity index (χ1n) is 2.08. The van der Waals surface area contributed by atoms with Gasteiger partial charge in [0, 0.05) is 0 Å². The summed E-state index contributed by atoms with van der Waals surface area (Å²) in [6.45, 7) is 0. The van der Waals surface area contributed by atoms with E-state index in [0.717, 1.165) is 11.4 Å². The minimum absolute atomic E-state index is 0.767. The SMILES string of the molecule is SCC1=CC=[C+]N1. The highest BCUT2D eigenvalue weighted by atomic mass is 32.1. The van der Waals surface area contributed by atoms with Crippen molar-refractivity contribution >= 4 is 12.6 Å². The molecule has 1 nitrogen and oxygen atoms in total. The third kappa shape index (κ3) is 0.952. The van der Waals surface area contributed by atoms with E-state index in [1.165, 1.54) is 0 Å². The van der Waals surface area contributed by atoms with Crippen LogP contribution >= 0.6 is 12.6 Å². The van der Waals surface area contributed by atoms with Gasteiger partial charge in [0.15, 0.2) is 5.70 Å². The maximum absolute atomic E-state index is 4.02. The Bertz CT molecular complexity index is 115. The average Bonchev–Trinajstić information content (AvgIpc) is 2.14. The van der Waals surface area contributed by atoms with Crippen LogP contribution in [0.25, 0.3) is 0 Å². The normalized spacial score (nSPS) is 15.3. The summed E-state index contributed by atoms with van der Waals surface area (Å²) in [6.07, 6.45) is 6.60. The van der Waals surface area contributed by atoms with E-state index in [9.17, 15) is 0 Å². The Morgan fingerprint density at radius 3 is 3.00 bits per heavy atom. The minimum atomic E-state index is 0.767. The molecule has 7 heavy (non-hydrogen) atoms. The van der Waals surface area contributed by atoms with Crippen LogP contribution in [0.15, 0.2) is 17.8 Å². The molecule has 0 spiro atoms. The van der Waals surface area contributed by atoms with Gasteiger partial charge in [-0.1, -0.05) is 0 Å². The molecule has 0 aliphatic carbocycles. The summed E-state index contributed by atoms with van der Waals surface area (Å²) in [5, 5.41) is 2.89. The summed E-state index contributed by atoms with van der Waals surface area (Å²) in [6, 6.07) is 0. The van der Waals surface area contributed by atoms with Crippen LogP contribution in [0.1, 0.15) is 0 Å². The summed E-state index contributed by atoms with van der Waals surface area (Å²) >= 11 is 4.02. The molecule has 0 aromatic heterocycles. The molecule has 0 aromatic rings. The zero-order chi connectivity index (χ0) is 5.11. The Labute approximate surface area is 48.5 Å². The summed E-state index contributed by atoms with van der Waals surface area (Å²) < 4.78 is 0. The van der Waals surface area contributed by atoms with Gasteiger partial charge >= 0.3 is 0 Å². The van der Waals surface area contributed by atoms with Gasteiger partial charge in [-0.3, -0.25) is 0 Å². The molecule has 36 valence electrons. The molecule has 1 N–H and O–H groups in total. The molecule has 0 fully saturated rings. The standard InChI is InChI=1S/C5H5NS/c7-4-5-2-1-3-6-5/h1-2,6H,4H2/p+1. The quantitative estimate of drug-likeness (QED) is 0.376. The van der Waals surface area contributed by atoms with Crippen LogP contribution in [0.2, 0.25) is 0 Å². The number of thiol groups is 1. The van der Waals surface area contributed by atoms with Gasteiger partial charge in [-0.2, -0.15) is 12.6 Å². The molecule has 0 unspecified atom stereocenters. The minimum Gasteiger partial charge on any atom is -0.201 e. The number of hydrogen-bond acceptors (Lipinski definition) is 2. The van der Waals surface area contributed by atoms with Gasteiger partial charge in [0.1, 0.15) is 18.4 Å². The lowest BCUT2D eigenvalue weighted by molar-refractivity contribution is 1.07. The number of rotatable bonds is 1. The molecule has 0 atom stereocenters. The van der Waals surface area contributed by atoms with Crippen molar-refractivity contribution in [3.63, 3.8) is 0 Å². The van der Waals surface area contributed by atoms with E-state index in [4.69, 9.17) is 0 Å². The van der Waals surface area contributed by atoms with E-state index in [-0.39, 0.29) is 0 Å². The second-order valence-electron chi connectivity index (χ2n) is 1.29. The lowest BCUT2D eigenvalue weighted by Gasteiger charge is -1.80. The number of nitrogens with one attached hydrogen (secondary N) is 1. The Hall–Kier alpha value is -0.460. The highest BCUT2D eigenvalue weighted by molar-refractivity contribution is 7.80. The second-order valence-corrected chi connectivity index (χ2v) is 1.60. The average molecular weight is 112 g/mol. The van der Waals surface area contributed by atoms with Gasteiger partial charge in [-0.05, 0) is 0 Å². The topological polar surface area (TPSA) is 12.0 Å². The molecule has 2 heteroatoms. The Morgan fingerprint density at radius 1 is 1.86 bits per heavy atom. The van der Waals surface area contributed by atoms with Gasteiger partial charge in [0.2, 0.25) is 0 Å². The van der Waals surface area contributed by atoms with Crippen molar-refractivity contribution in [3.05, 3.63) is 24.0 Å². The monoisotopic (exact) mass is 112 g/mol. The smallest absolute Gasteiger partial charge is 0.175 e. The molecular formula is C5H6NS+. The Kier molecular flexibility index (Phi) is 1.35. The highest BCUT2D eigenvalue weighted by Gasteiger charge is 2.03. The summed E-state index contributed by atoms with van der Waals surface area (Å²) in [5.74, 6) is 0.767. The molecule has 0 amide bonds. The molecule has 1 rings (SSSR count). The van der Waals surface area contributed by atoms with Gasteiger partial charge < -0.3 is 0 Å². The molecule has 1 aliphatic heterocycles. The van der Waals surface area contributed by atoms with Crippen LogP contribution in [0.3, 0.4) is 0 Å². The van der Waals surface area contributed by atoms with Crippen LogP contribution in [0.5, 0.6) is 0 Å². The first-order chi connectivity index (χ1) is 3.43. The first-order valence-corrected chi connectivity index (χ1v) is 2.71. The van der Waals surface area contributed by atoms with E-state index in [1.54, 1.807) is 0 Å². The lowest BCUT2D eigenvalue weighted by atomic mass is 10.5. The fourth-order valence-electron chi connectivity index (χ4n) is 0.411. The van der Waals surface area contributed by atoms with Crippen molar-refractivity contribution < 1.29 is 0 Å². The van der Waals surface area contributed by atoms with Gasteiger partial charge in [0.05, 0.1) is 5.75 Å². The molecule has 0 radical (unpaired) electrons. The van der Waals surface area contributed by atoms with Crippen LogP contribution < -0.4 is 5.32 Å². The molecule has 1 aliphatic rings. The molecule has 0 aromatic carbocycles. The van der Waals surface area contributed by atoms with Crippen molar-refractivity contribution in [2.45, 2.75) is 0 Å². The predicted octanol–water partition coefficient (Wildman–Crippen LogP) is 0.720. The van der Waals surface area contributed by atoms with E-state index >= 15 is 0 Å². The number of hydrogen-bond donors (Lipinski definition) is 2. The Balaban J connectivity index is 2.45. The zero-order valence-corrected chi connectivity index (χ0v) is 4.70. The summed E-state index contributed by atoms with van der Waals surface area (Å²) in [7, 11) is 0. The fraction of sp³-hybridized carbons (Fsp3) is 0.200. The van der Waals surface area contributed by atoms with Crippen LogP contribution in [-0.2, 0) is 0 Å². The fourth-order valence-corrected chi connectivity index (χ4v) is 0.595. The first kappa shape index (κ1) is 4.69. The van der Waals surface area contributed by atoms with Crippen LogP contribution in [-0.4, -0.2) is 5.75 Å². The molecule has 1 heterocycles. The lowest BCUT2D eigenvalue weighted by Crippen LogP contribution is -2.01. The summed E-state index contributed by atoms with van der Waals surface area (Å²) in [4.78, 5) is 0. The zero-order valence-electron chi connectivity index (χ0n) is 3.81. The Morgan fingerprint density at radius 2 is 2.71 bits per heavy atom. The van der Waals surface area contributed by atoms with Crippen molar-refractivity contribution in [2.75, 3.05) is 5.75 Å². The van der Waals surface area contributed by atoms with Crippen molar-refractivity contribution in [1.29, 1.82) is 0 Å². The molecule has 0 bridgehead atoms. The van der Waals surface area contributed by atoms with Crippen molar-refractivity contribution in [1.82, 2.24) is 5.32 Å². The molecule has 0 saturated carbocycles. The third-order valence-electron chi connectivity index (χ3n) is 0.771. The van der Waals surface area contributed by atoms with Crippen LogP contribution in [0.4, 0.5) is 0 Å². The highest BCUT2D eigenvalue weighted by Crippen LogP contribution is 1.97. The third-order valence-corrected chi connectivity index (χ3v) is 1.11. The van der Waals surface area contributed by atoms with Crippen molar-refractivity contribution in [2.24, 2.45) is 0 Å². The van der Waals surface area contributed by atoms with E-state index in [2.05, 4.69) is 24.1 Å². The van der Waals surface area contributed by atoms with Gasteiger partial charge in [-0.25, -0.2) is 5.32 Å². The molecule has 0 saturated heterocycles. The molecular weight excluding hydrogens is 106 g/mol. The van der Waals surface area contributed by atoms with E-state index < -0.39 is 0 Å². The maximum Gasteiger partial charge on any atom is 0.175 e. The summed E-state index contributed by atoms with van der Waals surface area (Å²) in [5.41, 5.74) is 1.11. The largest absolute Gasteiger partial charge is 0.201 e. The number of allylic oxidation sites excluding steroid dienone is 2. The van der Waals surface area contributed by atoms with Crippen LogP contribution in [0, 0.1) is 6.20 Å². The maximum atomic E-state index is 4.02. The van der Waals surface area contributed by atoms with Gasteiger partial charge in [0.25, 0.3) is 0 Å². The second kappa shape index (κ2) is 2.01. The predicted molar refractivity (Wildman–Crippen MR) is 32.9 cm³/mol. The van der Waals surface area contributed by atoms with E-state index in [1.807, 2.05) is 12.2 Å². The van der Waals surface area contributed by atoms with Crippen molar-refractivity contribution in [3.8, 4) is 0 Å².